The van der Waals surface area contributed by atoms with Crippen molar-refractivity contribution in [2.45, 2.75) is 19.9 Å². The second kappa shape index (κ2) is 11.4. The van der Waals surface area contributed by atoms with Gasteiger partial charge in [0.2, 0.25) is 0 Å². The number of aromatic nitrogens is 3. The topological polar surface area (TPSA) is 92.7 Å². The summed E-state index contributed by atoms with van der Waals surface area (Å²) >= 11 is 0. The number of anilines is 2. The Labute approximate surface area is 206 Å². The van der Waals surface area contributed by atoms with Gasteiger partial charge in [-0.2, -0.15) is 5.26 Å². The lowest BCUT2D eigenvalue weighted by molar-refractivity contribution is 0.394. The molecule has 0 fully saturated rings. The van der Waals surface area contributed by atoms with Crippen LogP contribution >= 0.6 is 0 Å². The second-order valence-corrected chi connectivity index (χ2v) is 8.82. The Morgan fingerprint density at radius 1 is 1.09 bits per heavy atom. The number of aryl methyl sites for hydroxylation is 1. The van der Waals surface area contributed by atoms with Gasteiger partial charge in [0, 0.05) is 53.5 Å². The Kier molecular flexibility index (Phi) is 7.88. The molecule has 0 spiro atoms. The number of nitriles is 1. The summed E-state index contributed by atoms with van der Waals surface area (Å²) in [5.74, 6) is 0. The third-order valence-electron chi connectivity index (χ3n) is 5.93. The van der Waals surface area contributed by atoms with Crippen molar-refractivity contribution in [3.05, 3.63) is 83.1 Å². The predicted molar refractivity (Wildman–Crippen MR) is 143 cm³/mol. The van der Waals surface area contributed by atoms with E-state index in [0.29, 0.717) is 5.56 Å². The molecular weight excluding hydrogens is 434 g/mol. The highest BCUT2D eigenvalue weighted by molar-refractivity contribution is 5.90. The molecule has 1 aromatic carbocycles. The molecule has 4 aromatic rings. The van der Waals surface area contributed by atoms with Crippen molar-refractivity contribution in [3.8, 4) is 6.07 Å². The Morgan fingerprint density at radius 3 is 2.74 bits per heavy atom. The number of benzene rings is 1. The zero-order valence-corrected chi connectivity index (χ0v) is 20.5. The molecule has 0 aliphatic carbocycles. The molecule has 7 heteroatoms. The third-order valence-corrected chi connectivity index (χ3v) is 5.93. The molecule has 178 valence electrons. The lowest BCUT2D eigenvalue weighted by Gasteiger charge is -2.14. The summed E-state index contributed by atoms with van der Waals surface area (Å²) in [6.07, 6.45) is 12.2. The molecule has 0 radical (unpaired) electrons. The van der Waals surface area contributed by atoms with Gasteiger partial charge in [-0.15, -0.1) is 0 Å². The standard InChI is InChI=1S/C28H31N7/c1-20-25-11-13-32-27(25)10-9-26(20)34-28-22(18-31-19-23(28)15-29)6-8-24-7-5-21(17-33-24)16-30-12-4-14-35(2)3/h5-11,13,17-19,30,32H,4,12,14,16H2,1-3H3,(H,31,34)/b8-6+. The molecule has 3 N–H and O–H groups in total. The highest BCUT2D eigenvalue weighted by Gasteiger charge is 2.11. The first-order valence-corrected chi connectivity index (χ1v) is 11.8. The molecule has 3 aromatic heterocycles. The van der Waals surface area contributed by atoms with Gasteiger partial charge in [-0.05, 0) is 88.1 Å². The van der Waals surface area contributed by atoms with Gasteiger partial charge in [-0.25, -0.2) is 0 Å². The predicted octanol–water partition coefficient (Wildman–Crippen LogP) is 5.09. The molecule has 0 aliphatic heterocycles. The van der Waals surface area contributed by atoms with Crippen LogP contribution in [0.1, 0.15) is 34.4 Å². The first-order chi connectivity index (χ1) is 17.0. The van der Waals surface area contributed by atoms with E-state index in [1.165, 1.54) is 0 Å². The minimum atomic E-state index is 0.490. The Morgan fingerprint density at radius 2 is 1.97 bits per heavy atom. The fraction of sp³-hybridized carbons (Fsp3) is 0.250. The van der Waals surface area contributed by atoms with E-state index in [2.05, 4.69) is 69.7 Å². The van der Waals surface area contributed by atoms with E-state index in [-0.39, 0.29) is 0 Å². The van der Waals surface area contributed by atoms with Crippen LogP contribution in [-0.4, -0.2) is 47.0 Å². The fourth-order valence-corrected chi connectivity index (χ4v) is 3.95. The Balaban J connectivity index is 1.48. The lowest BCUT2D eigenvalue weighted by Crippen LogP contribution is -2.21. The largest absolute Gasteiger partial charge is 0.361 e. The normalized spacial score (nSPS) is 11.4. The third kappa shape index (κ3) is 6.12. The molecule has 0 bridgehead atoms. The summed E-state index contributed by atoms with van der Waals surface area (Å²) in [5, 5.41) is 17.8. The Bertz CT molecular complexity index is 1340. The molecule has 0 aliphatic rings. The highest BCUT2D eigenvalue weighted by atomic mass is 15.1. The van der Waals surface area contributed by atoms with Crippen molar-refractivity contribution in [3.63, 3.8) is 0 Å². The van der Waals surface area contributed by atoms with E-state index in [1.54, 1.807) is 12.4 Å². The fourth-order valence-electron chi connectivity index (χ4n) is 3.95. The number of nitrogens with one attached hydrogen (secondary N) is 3. The first-order valence-electron chi connectivity index (χ1n) is 11.8. The smallest absolute Gasteiger partial charge is 0.103 e. The van der Waals surface area contributed by atoms with Crippen LogP contribution in [-0.2, 0) is 6.54 Å². The number of fused-ring (bicyclic) bond motifs is 1. The Hall–Kier alpha value is -3.99. The van der Waals surface area contributed by atoms with Crippen LogP contribution in [0.3, 0.4) is 0 Å². The number of pyridine rings is 2. The summed E-state index contributed by atoms with van der Waals surface area (Å²) in [6, 6.07) is 12.5. The molecule has 3 heterocycles. The average molecular weight is 466 g/mol. The molecule has 0 unspecified atom stereocenters. The van der Waals surface area contributed by atoms with E-state index >= 15 is 0 Å². The van der Waals surface area contributed by atoms with Crippen LogP contribution in [0, 0.1) is 18.3 Å². The summed E-state index contributed by atoms with van der Waals surface area (Å²) in [5.41, 5.74) is 7.20. The number of H-pyrrole nitrogens is 1. The van der Waals surface area contributed by atoms with E-state index < -0.39 is 0 Å². The number of rotatable bonds is 10. The van der Waals surface area contributed by atoms with Gasteiger partial charge >= 0.3 is 0 Å². The van der Waals surface area contributed by atoms with Crippen LogP contribution < -0.4 is 10.6 Å². The van der Waals surface area contributed by atoms with Crippen LogP contribution in [0.4, 0.5) is 11.4 Å². The molecule has 0 atom stereocenters. The molecule has 0 saturated carbocycles. The van der Waals surface area contributed by atoms with Gasteiger partial charge in [0.05, 0.1) is 16.9 Å². The summed E-state index contributed by atoms with van der Waals surface area (Å²) in [7, 11) is 4.18. The SMILES string of the molecule is Cc1c(Nc2c(C#N)cncc2/C=C/c2ccc(CNCCCN(C)C)cn2)ccc2[nH]ccc12. The van der Waals surface area contributed by atoms with Crippen molar-refractivity contribution in [1.82, 2.24) is 25.2 Å². The van der Waals surface area contributed by atoms with Crippen molar-refractivity contribution in [2.75, 3.05) is 32.5 Å². The van der Waals surface area contributed by atoms with Crippen LogP contribution in [0.15, 0.2) is 55.1 Å². The molecule has 7 nitrogen and oxygen atoms in total. The number of hydrogen-bond donors (Lipinski definition) is 3. The molecule has 35 heavy (non-hydrogen) atoms. The first kappa shape index (κ1) is 24.1. The number of nitrogens with zero attached hydrogens (tertiary/aromatic N) is 4. The quantitative estimate of drug-likeness (QED) is 0.282. The zero-order valence-electron chi connectivity index (χ0n) is 20.5. The molecule has 4 rings (SSSR count). The number of aromatic amines is 1. The maximum absolute atomic E-state index is 9.70. The second-order valence-electron chi connectivity index (χ2n) is 8.82. The van der Waals surface area contributed by atoms with Gasteiger partial charge in [-0.3, -0.25) is 9.97 Å². The molecule has 0 saturated heterocycles. The van der Waals surface area contributed by atoms with Crippen molar-refractivity contribution < 1.29 is 0 Å². The van der Waals surface area contributed by atoms with E-state index in [4.69, 9.17) is 0 Å². The van der Waals surface area contributed by atoms with E-state index in [1.807, 2.05) is 42.7 Å². The van der Waals surface area contributed by atoms with Crippen molar-refractivity contribution >= 4 is 34.4 Å². The van der Waals surface area contributed by atoms with Crippen LogP contribution in [0.25, 0.3) is 23.1 Å². The van der Waals surface area contributed by atoms with Gasteiger partial charge in [-0.1, -0.05) is 6.07 Å². The van der Waals surface area contributed by atoms with E-state index in [0.717, 1.165) is 70.7 Å². The molecular formula is C28H31N7. The maximum atomic E-state index is 9.70. The van der Waals surface area contributed by atoms with E-state index in [9.17, 15) is 5.26 Å². The van der Waals surface area contributed by atoms with Crippen LogP contribution in [0.2, 0.25) is 0 Å². The highest BCUT2D eigenvalue weighted by Crippen LogP contribution is 2.31. The summed E-state index contributed by atoms with van der Waals surface area (Å²) in [4.78, 5) is 14.3. The summed E-state index contributed by atoms with van der Waals surface area (Å²) in [6.45, 7) is 4.93. The minimum absolute atomic E-state index is 0.490. The summed E-state index contributed by atoms with van der Waals surface area (Å²) < 4.78 is 0. The maximum Gasteiger partial charge on any atom is 0.103 e. The van der Waals surface area contributed by atoms with Gasteiger partial charge in [0.15, 0.2) is 0 Å². The molecule has 0 amide bonds. The minimum Gasteiger partial charge on any atom is -0.361 e. The monoisotopic (exact) mass is 465 g/mol. The average Bonchev–Trinajstić information content (AvgIpc) is 3.35. The van der Waals surface area contributed by atoms with Crippen molar-refractivity contribution in [2.24, 2.45) is 0 Å². The lowest BCUT2D eigenvalue weighted by atomic mass is 10.1. The van der Waals surface area contributed by atoms with Gasteiger partial charge in [0.25, 0.3) is 0 Å². The van der Waals surface area contributed by atoms with Crippen LogP contribution in [0.5, 0.6) is 0 Å². The zero-order chi connectivity index (χ0) is 24.6. The van der Waals surface area contributed by atoms with Crippen molar-refractivity contribution in [1.29, 1.82) is 5.26 Å². The van der Waals surface area contributed by atoms with Gasteiger partial charge < -0.3 is 20.5 Å². The number of hydrogen-bond acceptors (Lipinski definition) is 6. The van der Waals surface area contributed by atoms with Gasteiger partial charge in [0.1, 0.15) is 6.07 Å².